The quantitative estimate of drug-likeness (QED) is 0.499. The molecule has 0 aromatic carbocycles. The standard InChI is InChI=1S/C9H12/c1-3-4-9-6-5-8(2)7-9/h3-8H,1-2H3/b4-3-. The highest BCUT2D eigenvalue weighted by Gasteiger charge is 1.98. The molecule has 0 nitrogen and oxygen atoms in total. The molecule has 48 valence electrons. The van der Waals surface area contributed by atoms with E-state index in [2.05, 4.69) is 37.3 Å². The lowest BCUT2D eigenvalue weighted by atomic mass is 10.2. The molecule has 1 aliphatic carbocycles. The molecule has 0 aromatic rings. The highest BCUT2D eigenvalue weighted by atomic mass is 14.0. The van der Waals surface area contributed by atoms with E-state index in [9.17, 15) is 0 Å². The Balaban J connectivity index is 2.64. The molecule has 9 heavy (non-hydrogen) atoms. The van der Waals surface area contributed by atoms with Crippen molar-refractivity contribution in [2.75, 3.05) is 0 Å². The smallest absolute Gasteiger partial charge is 0.00696 e. The van der Waals surface area contributed by atoms with Gasteiger partial charge in [0, 0.05) is 0 Å². The zero-order valence-electron chi connectivity index (χ0n) is 5.96. The van der Waals surface area contributed by atoms with E-state index >= 15 is 0 Å². The molecule has 1 unspecified atom stereocenters. The summed E-state index contributed by atoms with van der Waals surface area (Å²) in [5.41, 5.74) is 1.34. The van der Waals surface area contributed by atoms with Gasteiger partial charge in [0.2, 0.25) is 0 Å². The SMILES string of the molecule is C/C=C\C1=CC(C)C=C1. The molecule has 0 heterocycles. The van der Waals surface area contributed by atoms with Crippen molar-refractivity contribution in [1.29, 1.82) is 0 Å². The largest absolute Gasteiger partial charge is 0.0871 e. The fraction of sp³-hybridized carbons (Fsp3) is 0.333. The lowest BCUT2D eigenvalue weighted by Crippen LogP contribution is -1.73. The van der Waals surface area contributed by atoms with Crippen LogP contribution in [0.1, 0.15) is 13.8 Å². The molecule has 1 atom stereocenters. The van der Waals surface area contributed by atoms with Gasteiger partial charge in [-0.25, -0.2) is 0 Å². The van der Waals surface area contributed by atoms with Crippen molar-refractivity contribution in [2.45, 2.75) is 13.8 Å². The first-order chi connectivity index (χ1) is 4.33. The van der Waals surface area contributed by atoms with E-state index in [0.717, 1.165) is 0 Å². The van der Waals surface area contributed by atoms with Crippen LogP contribution in [-0.4, -0.2) is 0 Å². The molecular formula is C9H12. The zero-order valence-corrected chi connectivity index (χ0v) is 5.96. The van der Waals surface area contributed by atoms with Crippen LogP contribution < -0.4 is 0 Å². The van der Waals surface area contributed by atoms with Crippen LogP contribution in [0.4, 0.5) is 0 Å². The van der Waals surface area contributed by atoms with E-state index < -0.39 is 0 Å². The van der Waals surface area contributed by atoms with E-state index in [1.807, 2.05) is 6.92 Å². The number of rotatable bonds is 1. The number of hydrogen-bond acceptors (Lipinski definition) is 0. The summed E-state index contributed by atoms with van der Waals surface area (Å²) in [7, 11) is 0. The highest BCUT2D eigenvalue weighted by molar-refractivity contribution is 5.36. The van der Waals surface area contributed by atoms with Crippen molar-refractivity contribution >= 4 is 0 Å². The molecule has 0 N–H and O–H groups in total. The summed E-state index contributed by atoms with van der Waals surface area (Å²) < 4.78 is 0. The summed E-state index contributed by atoms with van der Waals surface area (Å²) >= 11 is 0. The Morgan fingerprint density at radius 1 is 1.56 bits per heavy atom. The van der Waals surface area contributed by atoms with Gasteiger partial charge in [0.25, 0.3) is 0 Å². The van der Waals surface area contributed by atoms with Crippen LogP contribution in [0.3, 0.4) is 0 Å². The predicted octanol–water partition coefficient (Wildman–Crippen LogP) is 2.69. The maximum Gasteiger partial charge on any atom is -0.00696 e. The Morgan fingerprint density at radius 3 is 2.78 bits per heavy atom. The van der Waals surface area contributed by atoms with Crippen LogP contribution in [0, 0.1) is 5.92 Å². The molecule has 0 heteroatoms. The van der Waals surface area contributed by atoms with Gasteiger partial charge in [0.05, 0.1) is 0 Å². The second-order valence-corrected chi connectivity index (χ2v) is 2.38. The zero-order chi connectivity index (χ0) is 6.69. The molecule has 0 amide bonds. The molecule has 0 bridgehead atoms. The lowest BCUT2D eigenvalue weighted by Gasteiger charge is -1.87. The second kappa shape index (κ2) is 2.67. The first kappa shape index (κ1) is 6.34. The molecule has 0 saturated heterocycles. The Bertz CT molecular complexity index is 166. The summed E-state index contributed by atoms with van der Waals surface area (Å²) in [6.45, 7) is 4.23. The maximum atomic E-state index is 2.25. The average molecular weight is 120 g/mol. The van der Waals surface area contributed by atoms with Crippen molar-refractivity contribution in [3.63, 3.8) is 0 Å². The topological polar surface area (TPSA) is 0 Å². The van der Waals surface area contributed by atoms with E-state index in [1.54, 1.807) is 0 Å². The average Bonchev–Trinajstić information content (AvgIpc) is 2.17. The third-order valence-corrected chi connectivity index (χ3v) is 1.41. The van der Waals surface area contributed by atoms with Crippen molar-refractivity contribution in [3.8, 4) is 0 Å². The minimum atomic E-state index is 0.635. The van der Waals surface area contributed by atoms with Crippen LogP contribution in [0.15, 0.2) is 36.0 Å². The predicted molar refractivity (Wildman–Crippen MR) is 41.2 cm³/mol. The summed E-state index contributed by atoms with van der Waals surface area (Å²) in [6.07, 6.45) is 10.8. The van der Waals surface area contributed by atoms with Crippen molar-refractivity contribution in [2.24, 2.45) is 5.92 Å². The Labute approximate surface area is 56.6 Å². The maximum absolute atomic E-state index is 2.25. The summed E-state index contributed by atoms with van der Waals surface area (Å²) in [4.78, 5) is 0. The molecule has 0 radical (unpaired) electrons. The van der Waals surface area contributed by atoms with Gasteiger partial charge in [0.15, 0.2) is 0 Å². The molecule has 1 aliphatic rings. The van der Waals surface area contributed by atoms with Crippen LogP contribution in [0.2, 0.25) is 0 Å². The van der Waals surface area contributed by atoms with Crippen LogP contribution in [-0.2, 0) is 0 Å². The van der Waals surface area contributed by atoms with Gasteiger partial charge in [-0.1, -0.05) is 37.3 Å². The number of allylic oxidation sites excluding steroid dienone is 6. The van der Waals surface area contributed by atoms with E-state index in [1.165, 1.54) is 5.57 Å². The van der Waals surface area contributed by atoms with Crippen LogP contribution in [0.5, 0.6) is 0 Å². The normalized spacial score (nSPS) is 25.6. The second-order valence-electron chi connectivity index (χ2n) is 2.38. The van der Waals surface area contributed by atoms with Gasteiger partial charge < -0.3 is 0 Å². The summed E-state index contributed by atoms with van der Waals surface area (Å²) in [5, 5.41) is 0. The van der Waals surface area contributed by atoms with Gasteiger partial charge in [-0.05, 0) is 18.4 Å². The number of hydrogen-bond donors (Lipinski definition) is 0. The van der Waals surface area contributed by atoms with Crippen LogP contribution >= 0.6 is 0 Å². The van der Waals surface area contributed by atoms with E-state index in [0.29, 0.717) is 5.92 Å². The fourth-order valence-corrected chi connectivity index (χ4v) is 0.981. The lowest BCUT2D eigenvalue weighted by molar-refractivity contribution is 0.956. The minimum Gasteiger partial charge on any atom is -0.0871 e. The molecule has 1 rings (SSSR count). The first-order valence-corrected chi connectivity index (χ1v) is 3.35. The van der Waals surface area contributed by atoms with Gasteiger partial charge in [0.1, 0.15) is 0 Å². The molecule has 0 spiro atoms. The summed E-state index contributed by atoms with van der Waals surface area (Å²) in [5.74, 6) is 0.635. The van der Waals surface area contributed by atoms with Crippen molar-refractivity contribution in [3.05, 3.63) is 36.0 Å². The monoisotopic (exact) mass is 120 g/mol. The Hall–Kier alpha value is -0.780. The Kier molecular flexibility index (Phi) is 1.88. The van der Waals surface area contributed by atoms with Gasteiger partial charge in [-0.15, -0.1) is 0 Å². The first-order valence-electron chi connectivity index (χ1n) is 3.35. The third kappa shape index (κ3) is 1.56. The molecule has 0 saturated carbocycles. The summed E-state index contributed by atoms with van der Waals surface area (Å²) in [6, 6.07) is 0. The molecular weight excluding hydrogens is 108 g/mol. The van der Waals surface area contributed by atoms with Crippen LogP contribution in [0.25, 0.3) is 0 Å². The van der Waals surface area contributed by atoms with E-state index in [4.69, 9.17) is 0 Å². The third-order valence-electron chi connectivity index (χ3n) is 1.41. The van der Waals surface area contributed by atoms with Gasteiger partial charge in [-0.2, -0.15) is 0 Å². The molecule has 0 aliphatic heterocycles. The molecule has 0 fully saturated rings. The Morgan fingerprint density at radius 2 is 2.33 bits per heavy atom. The van der Waals surface area contributed by atoms with Gasteiger partial charge >= 0.3 is 0 Å². The van der Waals surface area contributed by atoms with E-state index in [-0.39, 0.29) is 0 Å². The minimum absolute atomic E-state index is 0.635. The van der Waals surface area contributed by atoms with Gasteiger partial charge in [-0.3, -0.25) is 0 Å². The highest BCUT2D eigenvalue weighted by Crippen LogP contribution is 2.15. The van der Waals surface area contributed by atoms with Crippen molar-refractivity contribution in [1.82, 2.24) is 0 Å². The van der Waals surface area contributed by atoms with Crippen molar-refractivity contribution < 1.29 is 0 Å². The molecule has 0 aromatic heterocycles. The fourth-order valence-electron chi connectivity index (χ4n) is 0.981.